The molecular formula is C18H31N3O2. The maximum atomic E-state index is 12.5. The second-order valence-electron chi connectivity index (χ2n) is 8.41. The molecule has 4 bridgehead atoms. The van der Waals surface area contributed by atoms with Crippen LogP contribution < -0.4 is 11.1 Å². The Balaban J connectivity index is 1.55. The Morgan fingerprint density at radius 3 is 2.09 bits per heavy atom. The first-order chi connectivity index (χ1) is 10.9. The zero-order valence-electron chi connectivity index (χ0n) is 14.6. The van der Waals surface area contributed by atoms with Gasteiger partial charge >= 0.3 is 0 Å². The zero-order chi connectivity index (χ0) is 16.7. The van der Waals surface area contributed by atoms with Gasteiger partial charge in [0.1, 0.15) is 0 Å². The number of nitrogens with two attached hydrogens (primary N) is 1. The van der Waals surface area contributed by atoms with Crippen LogP contribution in [0, 0.1) is 29.6 Å². The van der Waals surface area contributed by atoms with Gasteiger partial charge in [0.05, 0.1) is 12.6 Å². The smallest absolute Gasteiger partial charge is 0.241 e. The molecule has 130 valence electrons. The summed E-state index contributed by atoms with van der Waals surface area (Å²) in [4.78, 5) is 26.4. The van der Waals surface area contributed by atoms with Gasteiger partial charge in [-0.1, -0.05) is 13.8 Å². The third-order valence-electron chi connectivity index (χ3n) is 6.45. The van der Waals surface area contributed by atoms with Gasteiger partial charge in [-0.05, 0) is 61.7 Å². The summed E-state index contributed by atoms with van der Waals surface area (Å²) in [7, 11) is 1.92. The van der Waals surface area contributed by atoms with Crippen LogP contribution in [0.4, 0.5) is 0 Å². The summed E-state index contributed by atoms with van der Waals surface area (Å²) in [6, 6.07) is -0.166. The first-order valence-electron chi connectivity index (χ1n) is 9.15. The predicted molar refractivity (Wildman–Crippen MR) is 89.4 cm³/mol. The molecule has 0 aromatic rings. The standard InChI is InChI=1S/C18H31N3O2/c1-10(2)16(19)18(23)20-9-15(22)21(3)17-13-5-11-4-12(7-13)8-14(17)6-11/h10-14,16-17H,4-9,19H2,1-3H3,(H,20,23)/t11?,12?,13?,14?,16-,17?/m0/s1. The van der Waals surface area contributed by atoms with Crippen LogP contribution in [0.3, 0.4) is 0 Å². The quantitative estimate of drug-likeness (QED) is 0.803. The van der Waals surface area contributed by atoms with Gasteiger partial charge in [-0.2, -0.15) is 0 Å². The number of hydrogen-bond acceptors (Lipinski definition) is 3. The third kappa shape index (κ3) is 3.25. The third-order valence-corrected chi connectivity index (χ3v) is 6.45. The second kappa shape index (κ2) is 6.42. The van der Waals surface area contributed by atoms with Crippen LogP contribution in [0.15, 0.2) is 0 Å². The van der Waals surface area contributed by atoms with Gasteiger partial charge in [0.25, 0.3) is 0 Å². The minimum atomic E-state index is -0.547. The van der Waals surface area contributed by atoms with Gasteiger partial charge in [0, 0.05) is 13.1 Å². The number of hydrogen-bond donors (Lipinski definition) is 2. The molecule has 4 rings (SSSR count). The lowest BCUT2D eigenvalue weighted by Gasteiger charge is -2.56. The highest BCUT2D eigenvalue weighted by molar-refractivity contribution is 5.87. The fourth-order valence-corrected chi connectivity index (χ4v) is 5.40. The van der Waals surface area contributed by atoms with Crippen molar-refractivity contribution in [1.82, 2.24) is 10.2 Å². The zero-order valence-corrected chi connectivity index (χ0v) is 14.6. The summed E-state index contributed by atoms with van der Waals surface area (Å²) < 4.78 is 0. The molecule has 0 heterocycles. The molecule has 1 atom stereocenters. The van der Waals surface area contributed by atoms with Crippen molar-refractivity contribution in [3.8, 4) is 0 Å². The molecule has 23 heavy (non-hydrogen) atoms. The van der Waals surface area contributed by atoms with Crippen LogP contribution in [0.1, 0.15) is 46.0 Å². The van der Waals surface area contributed by atoms with Gasteiger partial charge in [-0.3, -0.25) is 9.59 Å². The van der Waals surface area contributed by atoms with Crippen LogP contribution in [0.5, 0.6) is 0 Å². The van der Waals surface area contributed by atoms with Crippen molar-refractivity contribution in [2.24, 2.45) is 35.3 Å². The van der Waals surface area contributed by atoms with E-state index in [0.29, 0.717) is 17.9 Å². The molecule has 4 aliphatic carbocycles. The minimum absolute atomic E-state index is 0.0202. The Morgan fingerprint density at radius 2 is 1.61 bits per heavy atom. The van der Waals surface area contributed by atoms with E-state index in [2.05, 4.69) is 5.32 Å². The van der Waals surface area contributed by atoms with Crippen LogP contribution in [-0.2, 0) is 9.59 Å². The SMILES string of the molecule is CC(C)[C@H](N)C(=O)NCC(=O)N(C)C1C2CC3CC(C2)CC1C3. The predicted octanol–water partition coefficient (Wildman–Crippen LogP) is 1.37. The maximum Gasteiger partial charge on any atom is 0.241 e. The van der Waals surface area contributed by atoms with Crippen LogP contribution in [-0.4, -0.2) is 42.4 Å². The number of carbonyl (C=O) groups is 2. The van der Waals surface area contributed by atoms with Crippen LogP contribution >= 0.6 is 0 Å². The van der Waals surface area contributed by atoms with E-state index >= 15 is 0 Å². The van der Waals surface area contributed by atoms with E-state index in [9.17, 15) is 9.59 Å². The number of nitrogens with one attached hydrogen (secondary N) is 1. The lowest BCUT2D eigenvalue weighted by Crippen LogP contribution is -2.58. The minimum Gasteiger partial charge on any atom is -0.346 e. The molecule has 0 aliphatic heterocycles. The summed E-state index contributed by atoms with van der Waals surface area (Å²) in [5.74, 6) is 3.02. The Morgan fingerprint density at radius 1 is 1.09 bits per heavy atom. The van der Waals surface area contributed by atoms with Crippen LogP contribution in [0.25, 0.3) is 0 Å². The highest BCUT2D eigenvalue weighted by atomic mass is 16.2. The average Bonchev–Trinajstić information content (AvgIpc) is 2.50. The fourth-order valence-electron chi connectivity index (χ4n) is 5.40. The van der Waals surface area contributed by atoms with Gasteiger partial charge in [-0.25, -0.2) is 0 Å². The lowest BCUT2D eigenvalue weighted by atomic mass is 9.54. The molecule has 0 saturated heterocycles. The van der Waals surface area contributed by atoms with Crippen LogP contribution in [0.2, 0.25) is 0 Å². The summed E-state index contributed by atoms with van der Waals surface area (Å²) in [6.45, 7) is 3.89. The molecule has 0 unspecified atom stereocenters. The van der Waals surface area contributed by atoms with Crippen molar-refractivity contribution in [2.45, 2.75) is 58.0 Å². The van der Waals surface area contributed by atoms with Crippen molar-refractivity contribution >= 4 is 11.8 Å². The molecule has 4 aliphatic rings. The number of amides is 2. The molecule has 0 aromatic heterocycles. The average molecular weight is 321 g/mol. The lowest BCUT2D eigenvalue weighted by molar-refractivity contribution is -0.141. The Bertz CT molecular complexity index is 449. The highest BCUT2D eigenvalue weighted by Gasteiger charge is 2.50. The van der Waals surface area contributed by atoms with E-state index in [1.165, 1.54) is 32.1 Å². The van der Waals surface area contributed by atoms with Crippen molar-refractivity contribution in [2.75, 3.05) is 13.6 Å². The Kier molecular flexibility index (Phi) is 4.68. The highest BCUT2D eigenvalue weighted by Crippen LogP contribution is 2.54. The van der Waals surface area contributed by atoms with E-state index < -0.39 is 6.04 Å². The largest absolute Gasteiger partial charge is 0.346 e. The van der Waals surface area contributed by atoms with Gasteiger partial charge in [0.2, 0.25) is 11.8 Å². The van der Waals surface area contributed by atoms with E-state index in [1.54, 1.807) is 0 Å². The first-order valence-corrected chi connectivity index (χ1v) is 9.15. The summed E-state index contributed by atoms with van der Waals surface area (Å²) in [6.07, 6.45) is 6.58. The molecule has 5 heteroatoms. The Labute approximate surface area is 139 Å². The van der Waals surface area contributed by atoms with E-state index in [-0.39, 0.29) is 24.3 Å². The number of carbonyl (C=O) groups excluding carboxylic acids is 2. The molecule has 2 amide bonds. The van der Waals surface area contributed by atoms with Gasteiger partial charge < -0.3 is 16.0 Å². The molecule has 3 N–H and O–H groups in total. The van der Waals surface area contributed by atoms with Crippen molar-refractivity contribution in [3.63, 3.8) is 0 Å². The molecular weight excluding hydrogens is 290 g/mol. The van der Waals surface area contributed by atoms with E-state index in [0.717, 1.165) is 11.8 Å². The monoisotopic (exact) mass is 321 g/mol. The molecule has 5 nitrogen and oxygen atoms in total. The molecule has 0 spiro atoms. The number of likely N-dealkylation sites (N-methyl/N-ethyl adjacent to an activating group) is 1. The molecule has 0 radical (unpaired) electrons. The van der Waals surface area contributed by atoms with Crippen molar-refractivity contribution in [3.05, 3.63) is 0 Å². The number of rotatable bonds is 5. The Hall–Kier alpha value is -1.10. The topological polar surface area (TPSA) is 75.4 Å². The van der Waals surface area contributed by atoms with Crippen molar-refractivity contribution < 1.29 is 9.59 Å². The number of nitrogens with zero attached hydrogens (tertiary/aromatic N) is 1. The van der Waals surface area contributed by atoms with E-state index in [4.69, 9.17) is 5.73 Å². The maximum absolute atomic E-state index is 12.5. The second-order valence-corrected chi connectivity index (χ2v) is 8.41. The molecule has 4 fully saturated rings. The van der Waals surface area contributed by atoms with E-state index in [1.807, 2.05) is 25.8 Å². The summed E-state index contributed by atoms with van der Waals surface area (Å²) >= 11 is 0. The fraction of sp³-hybridized carbons (Fsp3) is 0.889. The first kappa shape index (κ1) is 16.7. The van der Waals surface area contributed by atoms with Gasteiger partial charge in [0.15, 0.2) is 0 Å². The molecule has 0 aromatic carbocycles. The summed E-state index contributed by atoms with van der Waals surface area (Å²) in [5, 5.41) is 2.71. The van der Waals surface area contributed by atoms with Crippen molar-refractivity contribution in [1.29, 1.82) is 0 Å². The molecule has 4 saturated carbocycles. The van der Waals surface area contributed by atoms with Gasteiger partial charge in [-0.15, -0.1) is 0 Å². The normalized spacial score (nSPS) is 36.1. The summed E-state index contributed by atoms with van der Waals surface area (Å²) in [5.41, 5.74) is 5.82.